The molecule has 21 heavy (non-hydrogen) atoms. The van der Waals surface area contributed by atoms with Gasteiger partial charge in [-0.25, -0.2) is 0 Å². The number of nitrogens with zero attached hydrogens (tertiary/aromatic N) is 3. The molecule has 6 heteroatoms. The lowest BCUT2D eigenvalue weighted by Crippen LogP contribution is -2.10. The van der Waals surface area contributed by atoms with E-state index in [2.05, 4.69) is 29.3 Å². The Kier molecular flexibility index (Phi) is 5.38. The number of hydrogen-bond donors (Lipinski definition) is 1. The summed E-state index contributed by atoms with van der Waals surface area (Å²) in [4.78, 5) is 10.7. The Labute approximate surface area is 128 Å². The molecular formula is C15H19N3O2S. The van der Waals surface area contributed by atoms with E-state index in [0.717, 1.165) is 18.8 Å². The van der Waals surface area contributed by atoms with Crippen LogP contribution in [-0.2, 0) is 11.3 Å². The lowest BCUT2D eigenvalue weighted by Gasteiger charge is -2.16. The van der Waals surface area contributed by atoms with Crippen molar-refractivity contribution in [3.8, 4) is 0 Å². The highest BCUT2D eigenvalue weighted by Crippen LogP contribution is 2.29. The molecule has 0 radical (unpaired) electrons. The van der Waals surface area contributed by atoms with E-state index in [1.54, 1.807) is 0 Å². The van der Waals surface area contributed by atoms with Gasteiger partial charge in [0.1, 0.15) is 5.82 Å². The fraction of sp³-hybridized carbons (Fsp3) is 0.400. The van der Waals surface area contributed by atoms with Crippen molar-refractivity contribution in [2.24, 2.45) is 0 Å². The summed E-state index contributed by atoms with van der Waals surface area (Å²) in [7, 11) is 0. The van der Waals surface area contributed by atoms with Crippen LogP contribution in [0.2, 0.25) is 0 Å². The number of thioether (sulfide) groups is 1. The molecule has 0 spiro atoms. The van der Waals surface area contributed by atoms with Crippen LogP contribution in [0.4, 0.5) is 0 Å². The van der Waals surface area contributed by atoms with Gasteiger partial charge < -0.3 is 9.67 Å². The maximum absolute atomic E-state index is 10.7. The van der Waals surface area contributed by atoms with Crippen LogP contribution in [0.5, 0.6) is 0 Å². The maximum Gasteiger partial charge on any atom is 0.313 e. The van der Waals surface area contributed by atoms with E-state index >= 15 is 0 Å². The topological polar surface area (TPSA) is 68.0 Å². The molecule has 0 aliphatic heterocycles. The Morgan fingerprint density at radius 3 is 2.57 bits per heavy atom. The van der Waals surface area contributed by atoms with Gasteiger partial charge in [0.2, 0.25) is 0 Å². The van der Waals surface area contributed by atoms with Crippen LogP contribution in [0, 0.1) is 0 Å². The van der Waals surface area contributed by atoms with Crippen LogP contribution >= 0.6 is 11.8 Å². The van der Waals surface area contributed by atoms with Crippen molar-refractivity contribution in [1.82, 2.24) is 14.8 Å². The molecule has 1 heterocycles. The van der Waals surface area contributed by atoms with E-state index in [-0.39, 0.29) is 11.7 Å². The van der Waals surface area contributed by atoms with Gasteiger partial charge in [0.15, 0.2) is 5.16 Å². The van der Waals surface area contributed by atoms with E-state index in [9.17, 15) is 4.79 Å². The summed E-state index contributed by atoms with van der Waals surface area (Å²) in [6.45, 7) is 4.87. The molecule has 0 bridgehead atoms. The molecule has 112 valence electrons. The Morgan fingerprint density at radius 1 is 1.29 bits per heavy atom. The zero-order valence-electron chi connectivity index (χ0n) is 12.2. The third-order valence-corrected chi connectivity index (χ3v) is 4.26. The minimum absolute atomic E-state index is 0.000260. The summed E-state index contributed by atoms with van der Waals surface area (Å²) < 4.78 is 2.01. The van der Waals surface area contributed by atoms with Gasteiger partial charge in [-0.05, 0) is 18.9 Å². The van der Waals surface area contributed by atoms with Gasteiger partial charge in [0.25, 0.3) is 0 Å². The van der Waals surface area contributed by atoms with Crippen molar-refractivity contribution in [2.45, 2.75) is 37.9 Å². The van der Waals surface area contributed by atoms with Crippen LogP contribution in [0.15, 0.2) is 35.5 Å². The fourth-order valence-corrected chi connectivity index (χ4v) is 3.07. The predicted molar refractivity (Wildman–Crippen MR) is 82.6 cm³/mol. The SMILES string of the molecule is CCC(c1ccccc1)c1nnc(SCC(=O)O)n1CC. The fourth-order valence-electron chi connectivity index (χ4n) is 2.34. The average Bonchev–Trinajstić information content (AvgIpc) is 2.90. The van der Waals surface area contributed by atoms with Gasteiger partial charge in [-0.3, -0.25) is 4.79 Å². The van der Waals surface area contributed by atoms with Crippen LogP contribution < -0.4 is 0 Å². The first-order chi connectivity index (χ1) is 10.2. The Morgan fingerprint density at radius 2 is 2.00 bits per heavy atom. The number of hydrogen-bond acceptors (Lipinski definition) is 4. The van der Waals surface area contributed by atoms with Crippen molar-refractivity contribution in [1.29, 1.82) is 0 Å². The lowest BCUT2D eigenvalue weighted by molar-refractivity contribution is -0.133. The molecule has 0 amide bonds. The second-order valence-corrected chi connectivity index (χ2v) is 5.58. The summed E-state index contributed by atoms with van der Waals surface area (Å²) in [5.41, 5.74) is 1.21. The maximum atomic E-state index is 10.7. The highest BCUT2D eigenvalue weighted by Gasteiger charge is 2.21. The molecule has 2 rings (SSSR count). The molecule has 0 saturated carbocycles. The minimum atomic E-state index is -0.845. The number of rotatable bonds is 7. The first-order valence-electron chi connectivity index (χ1n) is 7.00. The summed E-state index contributed by atoms with van der Waals surface area (Å²) in [6.07, 6.45) is 0.922. The largest absolute Gasteiger partial charge is 0.481 e. The molecule has 0 fully saturated rings. The minimum Gasteiger partial charge on any atom is -0.481 e. The number of carboxylic acids is 1. The number of aromatic nitrogens is 3. The molecule has 0 aliphatic rings. The normalized spacial score (nSPS) is 12.3. The smallest absolute Gasteiger partial charge is 0.313 e. The standard InChI is InChI=1S/C15H19N3O2S/c1-3-12(11-8-6-5-7-9-11)14-16-17-15(18(14)4-2)21-10-13(19)20/h5-9,12H,3-4,10H2,1-2H3,(H,19,20). The van der Waals surface area contributed by atoms with Gasteiger partial charge in [0.05, 0.1) is 5.75 Å². The van der Waals surface area contributed by atoms with Crippen LogP contribution in [0.1, 0.15) is 37.6 Å². The van der Waals surface area contributed by atoms with Gasteiger partial charge >= 0.3 is 5.97 Å². The Balaban J connectivity index is 2.32. The molecule has 1 atom stereocenters. The van der Waals surface area contributed by atoms with Gasteiger partial charge in [-0.2, -0.15) is 0 Å². The van der Waals surface area contributed by atoms with Crippen LogP contribution in [0.3, 0.4) is 0 Å². The van der Waals surface area contributed by atoms with Crippen molar-refractivity contribution in [3.63, 3.8) is 0 Å². The van der Waals surface area contributed by atoms with E-state index in [1.807, 2.05) is 29.7 Å². The molecular weight excluding hydrogens is 286 g/mol. The van der Waals surface area contributed by atoms with Gasteiger partial charge in [-0.1, -0.05) is 49.0 Å². The van der Waals surface area contributed by atoms with E-state index in [0.29, 0.717) is 5.16 Å². The molecule has 1 N–H and O–H groups in total. The Hall–Kier alpha value is -1.82. The summed E-state index contributed by atoms with van der Waals surface area (Å²) in [5.74, 6) is 0.236. The third-order valence-electron chi connectivity index (χ3n) is 3.31. The highest BCUT2D eigenvalue weighted by molar-refractivity contribution is 7.99. The molecule has 1 aromatic heterocycles. The predicted octanol–water partition coefficient (Wildman–Crippen LogP) is 3.02. The van der Waals surface area contributed by atoms with Crippen molar-refractivity contribution < 1.29 is 9.90 Å². The van der Waals surface area contributed by atoms with E-state index in [4.69, 9.17) is 5.11 Å². The quantitative estimate of drug-likeness (QED) is 0.796. The number of benzene rings is 1. The first-order valence-corrected chi connectivity index (χ1v) is 7.98. The van der Waals surface area contributed by atoms with Gasteiger partial charge in [0, 0.05) is 12.5 Å². The lowest BCUT2D eigenvalue weighted by atomic mass is 9.96. The molecule has 2 aromatic rings. The summed E-state index contributed by atoms with van der Waals surface area (Å²) >= 11 is 1.21. The third kappa shape index (κ3) is 3.64. The van der Waals surface area contributed by atoms with E-state index < -0.39 is 5.97 Å². The summed E-state index contributed by atoms with van der Waals surface area (Å²) in [6, 6.07) is 10.2. The number of carboxylic acid groups (broad SMARTS) is 1. The van der Waals surface area contributed by atoms with Crippen molar-refractivity contribution in [2.75, 3.05) is 5.75 Å². The monoisotopic (exact) mass is 305 g/mol. The second-order valence-electron chi connectivity index (χ2n) is 4.64. The molecule has 0 saturated heterocycles. The zero-order valence-corrected chi connectivity index (χ0v) is 13.0. The van der Waals surface area contributed by atoms with Crippen molar-refractivity contribution in [3.05, 3.63) is 41.7 Å². The molecule has 1 aromatic carbocycles. The zero-order chi connectivity index (χ0) is 15.2. The molecule has 5 nitrogen and oxygen atoms in total. The van der Waals surface area contributed by atoms with Crippen LogP contribution in [-0.4, -0.2) is 31.6 Å². The Bertz CT molecular complexity index is 598. The van der Waals surface area contributed by atoms with Gasteiger partial charge in [-0.15, -0.1) is 10.2 Å². The highest BCUT2D eigenvalue weighted by atomic mass is 32.2. The summed E-state index contributed by atoms with van der Waals surface area (Å²) in [5, 5.41) is 17.9. The second kappa shape index (κ2) is 7.26. The van der Waals surface area contributed by atoms with Crippen LogP contribution in [0.25, 0.3) is 0 Å². The first kappa shape index (κ1) is 15.6. The molecule has 0 aliphatic carbocycles. The van der Waals surface area contributed by atoms with E-state index in [1.165, 1.54) is 17.3 Å². The average molecular weight is 305 g/mol. The van der Waals surface area contributed by atoms with Crippen molar-refractivity contribution >= 4 is 17.7 Å². The number of aliphatic carboxylic acids is 1. The number of carbonyl (C=O) groups is 1. The molecule has 1 unspecified atom stereocenters.